The molecule has 0 aliphatic carbocycles. The van der Waals surface area contributed by atoms with Crippen LogP contribution in [0.4, 0.5) is 4.39 Å². The van der Waals surface area contributed by atoms with Crippen LogP contribution in [0.3, 0.4) is 0 Å². The van der Waals surface area contributed by atoms with Crippen molar-refractivity contribution in [2.24, 2.45) is 0 Å². The molecule has 0 N–H and O–H groups in total. The summed E-state index contributed by atoms with van der Waals surface area (Å²) in [6.45, 7) is 2.87. The van der Waals surface area contributed by atoms with E-state index in [9.17, 15) is 4.39 Å². The van der Waals surface area contributed by atoms with Gasteiger partial charge in [-0.25, -0.2) is 14.4 Å². The van der Waals surface area contributed by atoms with E-state index < -0.39 is 0 Å². The highest BCUT2D eigenvalue weighted by atomic mass is 19.1. The molecule has 1 saturated heterocycles. The SMILES string of the molecule is Fc1cccc(CN2CC=C[C@@H]3CCCCN32)c1. The Hall–Kier alpha value is -1.19. The number of benzene rings is 1. The molecule has 0 bridgehead atoms. The van der Waals surface area contributed by atoms with Gasteiger partial charge in [0.1, 0.15) is 5.82 Å². The van der Waals surface area contributed by atoms with E-state index in [4.69, 9.17) is 0 Å². The van der Waals surface area contributed by atoms with Gasteiger partial charge in [0.25, 0.3) is 0 Å². The molecule has 0 unspecified atom stereocenters. The fourth-order valence-corrected chi connectivity index (χ4v) is 2.93. The van der Waals surface area contributed by atoms with Crippen molar-refractivity contribution in [2.75, 3.05) is 13.1 Å². The molecule has 3 heteroatoms. The largest absolute Gasteiger partial charge is 0.234 e. The third-order valence-corrected chi connectivity index (χ3v) is 3.81. The molecule has 0 radical (unpaired) electrons. The average molecular weight is 246 g/mol. The Morgan fingerprint density at radius 3 is 3.11 bits per heavy atom. The van der Waals surface area contributed by atoms with E-state index in [0.29, 0.717) is 6.04 Å². The topological polar surface area (TPSA) is 6.48 Å². The minimum absolute atomic E-state index is 0.143. The van der Waals surface area contributed by atoms with Gasteiger partial charge in [0, 0.05) is 25.7 Å². The lowest BCUT2D eigenvalue weighted by atomic mass is 10.0. The first-order chi connectivity index (χ1) is 8.83. The molecule has 2 nitrogen and oxygen atoms in total. The van der Waals surface area contributed by atoms with E-state index in [1.807, 2.05) is 6.07 Å². The first-order valence-electron chi connectivity index (χ1n) is 6.75. The molecule has 1 aromatic rings. The van der Waals surface area contributed by atoms with Crippen LogP contribution >= 0.6 is 0 Å². The van der Waals surface area contributed by atoms with E-state index in [0.717, 1.165) is 25.2 Å². The highest BCUT2D eigenvalue weighted by Gasteiger charge is 2.27. The summed E-state index contributed by atoms with van der Waals surface area (Å²) >= 11 is 0. The third kappa shape index (κ3) is 2.47. The fraction of sp³-hybridized carbons (Fsp3) is 0.467. The van der Waals surface area contributed by atoms with Gasteiger partial charge in [-0.05, 0) is 30.5 Å². The number of piperidine rings is 1. The Labute approximate surface area is 108 Å². The number of hydrogen-bond donors (Lipinski definition) is 0. The standard InChI is InChI=1S/C15H19FN2/c16-14-6-3-5-13(11-14)12-17-9-4-8-15-7-1-2-10-18(15)17/h3-6,8,11,15H,1-2,7,9-10,12H2/t15-/m0/s1. The van der Waals surface area contributed by atoms with E-state index in [2.05, 4.69) is 22.2 Å². The van der Waals surface area contributed by atoms with Gasteiger partial charge in [-0.15, -0.1) is 0 Å². The first-order valence-corrected chi connectivity index (χ1v) is 6.75. The van der Waals surface area contributed by atoms with Crippen molar-refractivity contribution in [2.45, 2.75) is 31.8 Å². The summed E-state index contributed by atoms with van der Waals surface area (Å²) in [4.78, 5) is 0. The molecule has 0 spiro atoms. The number of fused-ring (bicyclic) bond motifs is 1. The van der Waals surface area contributed by atoms with Crippen molar-refractivity contribution in [3.63, 3.8) is 0 Å². The number of hydrogen-bond acceptors (Lipinski definition) is 2. The van der Waals surface area contributed by atoms with E-state index in [1.165, 1.54) is 25.3 Å². The van der Waals surface area contributed by atoms with Crippen LogP contribution < -0.4 is 0 Å². The minimum atomic E-state index is -0.143. The molecule has 0 saturated carbocycles. The number of hydrazine groups is 1. The summed E-state index contributed by atoms with van der Waals surface area (Å²) in [6.07, 6.45) is 8.40. The maximum atomic E-state index is 13.2. The summed E-state index contributed by atoms with van der Waals surface area (Å²) in [5.74, 6) is -0.143. The van der Waals surface area contributed by atoms with Crippen LogP contribution in [0, 0.1) is 5.82 Å². The van der Waals surface area contributed by atoms with E-state index >= 15 is 0 Å². The zero-order chi connectivity index (χ0) is 12.4. The molecule has 0 aromatic heterocycles. The summed E-state index contributed by atoms with van der Waals surface area (Å²) < 4.78 is 13.2. The zero-order valence-electron chi connectivity index (χ0n) is 10.6. The second kappa shape index (κ2) is 5.21. The van der Waals surface area contributed by atoms with Gasteiger partial charge in [0.2, 0.25) is 0 Å². The van der Waals surface area contributed by atoms with Crippen LogP contribution in [0.2, 0.25) is 0 Å². The van der Waals surface area contributed by atoms with Crippen LogP contribution in [0.1, 0.15) is 24.8 Å². The van der Waals surface area contributed by atoms with Crippen molar-refractivity contribution >= 4 is 0 Å². The molecular weight excluding hydrogens is 227 g/mol. The van der Waals surface area contributed by atoms with Gasteiger partial charge in [-0.3, -0.25) is 0 Å². The maximum Gasteiger partial charge on any atom is 0.123 e. The molecule has 2 heterocycles. The molecule has 18 heavy (non-hydrogen) atoms. The highest BCUT2D eigenvalue weighted by Crippen LogP contribution is 2.24. The third-order valence-electron chi connectivity index (χ3n) is 3.81. The number of nitrogens with zero attached hydrogens (tertiary/aromatic N) is 2. The van der Waals surface area contributed by atoms with E-state index in [-0.39, 0.29) is 5.82 Å². The van der Waals surface area contributed by atoms with Crippen LogP contribution in [0.25, 0.3) is 0 Å². The van der Waals surface area contributed by atoms with Crippen LogP contribution in [0.5, 0.6) is 0 Å². The maximum absolute atomic E-state index is 13.2. The normalized spacial score (nSPS) is 25.1. The number of rotatable bonds is 2. The van der Waals surface area contributed by atoms with Gasteiger partial charge < -0.3 is 0 Å². The van der Waals surface area contributed by atoms with Crippen molar-refractivity contribution in [3.8, 4) is 0 Å². The van der Waals surface area contributed by atoms with Gasteiger partial charge in [0.05, 0.1) is 0 Å². The average Bonchev–Trinajstić information content (AvgIpc) is 2.39. The summed E-state index contributed by atoms with van der Waals surface area (Å²) in [6, 6.07) is 7.49. The Morgan fingerprint density at radius 1 is 1.28 bits per heavy atom. The lowest BCUT2D eigenvalue weighted by Gasteiger charge is -2.44. The van der Waals surface area contributed by atoms with Gasteiger partial charge >= 0.3 is 0 Å². The van der Waals surface area contributed by atoms with Gasteiger partial charge in [-0.2, -0.15) is 0 Å². The van der Waals surface area contributed by atoms with Crippen LogP contribution in [-0.4, -0.2) is 29.1 Å². The van der Waals surface area contributed by atoms with Crippen LogP contribution in [-0.2, 0) is 6.54 Å². The smallest absolute Gasteiger partial charge is 0.123 e. The summed E-state index contributed by atoms with van der Waals surface area (Å²) in [5.41, 5.74) is 1.05. The molecule has 1 fully saturated rings. The highest BCUT2D eigenvalue weighted by molar-refractivity contribution is 5.16. The lowest BCUT2D eigenvalue weighted by Crippen LogP contribution is -2.52. The Morgan fingerprint density at radius 2 is 2.22 bits per heavy atom. The molecule has 3 rings (SSSR count). The number of halogens is 1. The van der Waals surface area contributed by atoms with Crippen LogP contribution in [0.15, 0.2) is 36.4 Å². The molecule has 96 valence electrons. The van der Waals surface area contributed by atoms with Crippen molar-refractivity contribution < 1.29 is 4.39 Å². The first kappa shape index (κ1) is 11.9. The predicted molar refractivity (Wildman–Crippen MR) is 70.3 cm³/mol. The van der Waals surface area contributed by atoms with Crippen molar-refractivity contribution in [3.05, 3.63) is 47.8 Å². The Balaban J connectivity index is 1.74. The predicted octanol–water partition coefficient (Wildman–Crippen LogP) is 2.97. The monoisotopic (exact) mass is 246 g/mol. The molecular formula is C15H19FN2. The molecule has 1 atom stereocenters. The minimum Gasteiger partial charge on any atom is -0.234 e. The second-order valence-electron chi connectivity index (χ2n) is 5.13. The van der Waals surface area contributed by atoms with Gasteiger partial charge in [0.15, 0.2) is 0 Å². The quantitative estimate of drug-likeness (QED) is 0.740. The van der Waals surface area contributed by atoms with Gasteiger partial charge in [-0.1, -0.05) is 30.7 Å². The Kier molecular flexibility index (Phi) is 3.43. The van der Waals surface area contributed by atoms with Crippen molar-refractivity contribution in [1.82, 2.24) is 10.0 Å². The second-order valence-corrected chi connectivity index (χ2v) is 5.13. The molecule has 2 aliphatic rings. The molecule has 0 amide bonds. The molecule has 2 aliphatic heterocycles. The fourth-order valence-electron chi connectivity index (χ4n) is 2.93. The Bertz CT molecular complexity index is 444. The zero-order valence-corrected chi connectivity index (χ0v) is 10.6. The van der Waals surface area contributed by atoms with Crippen molar-refractivity contribution in [1.29, 1.82) is 0 Å². The lowest BCUT2D eigenvalue weighted by molar-refractivity contribution is -0.0696. The molecule has 1 aromatic carbocycles. The van der Waals surface area contributed by atoms with E-state index in [1.54, 1.807) is 12.1 Å². The summed E-state index contributed by atoms with van der Waals surface area (Å²) in [7, 11) is 0. The summed E-state index contributed by atoms with van der Waals surface area (Å²) in [5, 5.41) is 4.80.